The normalized spacial score (nSPS) is 17.6. The van der Waals surface area contributed by atoms with Gasteiger partial charge in [-0.05, 0) is 25.0 Å². The number of benzene rings is 1. The van der Waals surface area contributed by atoms with Crippen LogP contribution in [0, 0.1) is 0 Å². The van der Waals surface area contributed by atoms with Gasteiger partial charge in [-0.2, -0.15) is 4.68 Å². The van der Waals surface area contributed by atoms with Gasteiger partial charge in [0.1, 0.15) is 6.04 Å². The number of H-pyrrole nitrogens is 1. The van der Waals surface area contributed by atoms with Crippen LogP contribution in [-0.4, -0.2) is 49.2 Å². The summed E-state index contributed by atoms with van der Waals surface area (Å²) in [5, 5.41) is 13.1. The van der Waals surface area contributed by atoms with E-state index in [2.05, 4.69) is 10.1 Å². The zero-order valence-corrected chi connectivity index (χ0v) is 11.6. The van der Waals surface area contributed by atoms with Crippen molar-refractivity contribution in [1.29, 1.82) is 0 Å². The SMILES string of the molecule is O=C(O)C1CCCN1C(=O)c1nn(-c2ccccc2)c(=O)[nH]1. The zero-order valence-electron chi connectivity index (χ0n) is 11.6. The van der Waals surface area contributed by atoms with Gasteiger partial charge >= 0.3 is 11.7 Å². The van der Waals surface area contributed by atoms with E-state index in [4.69, 9.17) is 5.11 Å². The van der Waals surface area contributed by atoms with E-state index in [1.165, 1.54) is 4.90 Å². The van der Waals surface area contributed by atoms with Crippen molar-refractivity contribution in [2.45, 2.75) is 18.9 Å². The lowest BCUT2D eigenvalue weighted by atomic mass is 10.2. The van der Waals surface area contributed by atoms with Gasteiger partial charge in [-0.3, -0.25) is 9.78 Å². The van der Waals surface area contributed by atoms with Gasteiger partial charge in [-0.1, -0.05) is 18.2 Å². The number of aromatic amines is 1. The largest absolute Gasteiger partial charge is 0.480 e. The van der Waals surface area contributed by atoms with E-state index < -0.39 is 23.6 Å². The van der Waals surface area contributed by atoms with Crippen molar-refractivity contribution in [2.75, 3.05) is 6.54 Å². The third-order valence-electron chi connectivity index (χ3n) is 3.62. The van der Waals surface area contributed by atoms with Gasteiger partial charge in [0, 0.05) is 6.54 Å². The van der Waals surface area contributed by atoms with Gasteiger partial charge in [-0.15, -0.1) is 5.10 Å². The van der Waals surface area contributed by atoms with Crippen LogP contribution in [0.5, 0.6) is 0 Å². The minimum absolute atomic E-state index is 0.151. The number of aromatic nitrogens is 3. The summed E-state index contributed by atoms with van der Waals surface area (Å²) in [5.41, 5.74) is -0.0142. The van der Waals surface area contributed by atoms with Gasteiger partial charge in [-0.25, -0.2) is 9.59 Å². The molecule has 2 heterocycles. The number of likely N-dealkylation sites (tertiary alicyclic amines) is 1. The van der Waals surface area contributed by atoms with Crippen molar-refractivity contribution in [3.63, 3.8) is 0 Å². The van der Waals surface area contributed by atoms with Crippen LogP contribution in [0.3, 0.4) is 0 Å². The lowest BCUT2D eigenvalue weighted by molar-refractivity contribution is -0.141. The number of para-hydroxylation sites is 1. The van der Waals surface area contributed by atoms with Crippen LogP contribution in [0.1, 0.15) is 23.5 Å². The monoisotopic (exact) mass is 302 g/mol. The Bertz CT molecular complexity index is 765. The van der Waals surface area contributed by atoms with Crippen molar-refractivity contribution >= 4 is 11.9 Å². The number of hydrogen-bond acceptors (Lipinski definition) is 4. The third kappa shape index (κ3) is 2.39. The molecule has 0 spiro atoms. The summed E-state index contributed by atoms with van der Waals surface area (Å²) in [6.45, 7) is 0.343. The molecule has 1 aromatic heterocycles. The Hall–Kier alpha value is -2.90. The lowest BCUT2D eigenvalue weighted by Gasteiger charge is -2.19. The molecule has 1 aliphatic heterocycles. The van der Waals surface area contributed by atoms with Crippen molar-refractivity contribution in [3.8, 4) is 5.69 Å². The van der Waals surface area contributed by atoms with Crippen LogP contribution in [0.2, 0.25) is 0 Å². The standard InChI is InChI=1S/C14H14N4O4/c19-12(17-8-4-7-10(17)13(20)21)11-15-14(22)18(16-11)9-5-2-1-3-6-9/h1-3,5-6,10H,4,7-8H2,(H,20,21)(H,15,16,22). The topological polar surface area (TPSA) is 108 Å². The molecular formula is C14H14N4O4. The number of rotatable bonds is 3. The Labute approximate surface area is 125 Å². The summed E-state index contributed by atoms with van der Waals surface area (Å²) in [6.07, 6.45) is 1.02. The van der Waals surface area contributed by atoms with Crippen LogP contribution in [0.15, 0.2) is 35.1 Å². The number of carboxylic acids is 1. The van der Waals surface area contributed by atoms with Gasteiger partial charge in [0.05, 0.1) is 5.69 Å². The summed E-state index contributed by atoms with van der Waals surface area (Å²) < 4.78 is 1.08. The number of amides is 1. The predicted octanol–water partition coefficient (Wildman–Crippen LogP) is 0.250. The molecule has 0 radical (unpaired) electrons. The zero-order chi connectivity index (χ0) is 15.7. The molecule has 1 unspecified atom stereocenters. The van der Waals surface area contributed by atoms with E-state index in [1.54, 1.807) is 30.3 Å². The molecule has 3 rings (SSSR count). The van der Waals surface area contributed by atoms with E-state index in [-0.39, 0.29) is 5.82 Å². The molecule has 2 aromatic rings. The maximum Gasteiger partial charge on any atom is 0.348 e. The quantitative estimate of drug-likeness (QED) is 0.845. The highest BCUT2D eigenvalue weighted by Gasteiger charge is 2.35. The van der Waals surface area contributed by atoms with Crippen LogP contribution >= 0.6 is 0 Å². The maximum absolute atomic E-state index is 12.4. The van der Waals surface area contributed by atoms with Crippen LogP contribution in [0.25, 0.3) is 5.69 Å². The molecule has 1 atom stereocenters. The Kier molecular flexibility index (Phi) is 3.50. The van der Waals surface area contributed by atoms with Crippen LogP contribution in [-0.2, 0) is 4.79 Å². The molecule has 8 heteroatoms. The molecule has 0 saturated carbocycles. The van der Waals surface area contributed by atoms with Crippen molar-refractivity contribution in [3.05, 3.63) is 46.6 Å². The van der Waals surface area contributed by atoms with Crippen molar-refractivity contribution in [2.24, 2.45) is 0 Å². The Morgan fingerprint density at radius 3 is 2.68 bits per heavy atom. The van der Waals surface area contributed by atoms with Crippen molar-refractivity contribution < 1.29 is 14.7 Å². The van der Waals surface area contributed by atoms with Gasteiger partial charge < -0.3 is 10.0 Å². The molecule has 22 heavy (non-hydrogen) atoms. The van der Waals surface area contributed by atoms with Crippen LogP contribution in [0.4, 0.5) is 0 Å². The fourth-order valence-corrected chi connectivity index (χ4v) is 2.57. The predicted molar refractivity (Wildman–Crippen MR) is 75.9 cm³/mol. The second-order valence-corrected chi connectivity index (χ2v) is 5.02. The summed E-state index contributed by atoms with van der Waals surface area (Å²) in [4.78, 5) is 39.1. The molecule has 0 bridgehead atoms. The van der Waals surface area contributed by atoms with Crippen LogP contribution < -0.4 is 5.69 Å². The first kappa shape index (κ1) is 14.1. The van der Waals surface area contributed by atoms with E-state index in [1.807, 2.05) is 0 Å². The maximum atomic E-state index is 12.4. The van der Waals surface area contributed by atoms with E-state index in [0.717, 1.165) is 4.68 Å². The third-order valence-corrected chi connectivity index (χ3v) is 3.62. The highest BCUT2D eigenvalue weighted by atomic mass is 16.4. The number of hydrogen-bond donors (Lipinski definition) is 2. The summed E-state index contributed by atoms with van der Waals surface area (Å²) in [6, 6.07) is 7.81. The van der Waals surface area contributed by atoms with Gasteiger partial charge in [0.15, 0.2) is 0 Å². The number of aliphatic carboxylic acids is 1. The van der Waals surface area contributed by atoms with E-state index in [9.17, 15) is 14.4 Å². The average molecular weight is 302 g/mol. The molecule has 1 aliphatic rings. The molecule has 1 aromatic carbocycles. The molecule has 1 amide bonds. The summed E-state index contributed by atoms with van der Waals surface area (Å²) >= 11 is 0. The molecule has 2 N–H and O–H groups in total. The molecular weight excluding hydrogens is 288 g/mol. The fraction of sp³-hybridized carbons (Fsp3) is 0.286. The smallest absolute Gasteiger partial charge is 0.348 e. The number of carbonyl (C=O) groups excluding carboxylic acids is 1. The molecule has 1 fully saturated rings. The Morgan fingerprint density at radius 2 is 2.00 bits per heavy atom. The molecule has 8 nitrogen and oxygen atoms in total. The van der Waals surface area contributed by atoms with E-state index >= 15 is 0 Å². The Morgan fingerprint density at radius 1 is 1.27 bits per heavy atom. The number of nitrogens with zero attached hydrogens (tertiary/aromatic N) is 3. The first-order valence-electron chi connectivity index (χ1n) is 6.86. The molecule has 1 saturated heterocycles. The highest BCUT2D eigenvalue weighted by Crippen LogP contribution is 2.19. The fourth-order valence-electron chi connectivity index (χ4n) is 2.57. The average Bonchev–Trinajstić information content (AvgIpc) is 3.14. The van der Waals surface area contributed by atoms with Gasteiger partial charge in [0.25, 0.3) is 5.91 Å². The van der Waals surface area contributed by atoms with E-state index in [0.29, 0.717) is 25.1 Å². The van der Waals surface area contributed by atoms with Crippen molar-refractivity contribution in [1.82, 2.24) is 19.7 Å². The number of carbonyl (C=O) groups is 2. The number of carboxylic acid groups (broad SMARTS) is 1. The summed E-state index contributed by atoms with van der Waals surface area (Å²) in [5.74, 6) is -1.77. The minimum Gasteiger partial charge on any atom is -0.480 e. The first-order chi connectivity index (χ1) is 10.6. The second kappa shape index (κ2) is 5.47. The Balaban J connectivity index is 1.92. The molecule has 0 aliphatic carbocycles. The summed E-state index contributed by atoms with van der Waals surface area (Å²) in [7, 11) is 0. The second-order valence-electron chi connectivity index (χ2n) is 5.02. The van der Waals surface area contributed by atoms with Gasteiger partial charge in [0.2, 0.25) is 5.82 Å². The highest BCUT2D eigenvalue weighted by molar-refractivity contribution is 5.93. The molecule has 114 valence electrons. The minimum atomic E-state index is -1.05. The lowest BCUT2D eigenvalue weighted by Crippen LogP contribution is -2.41. The first-order valence-corrected chi connectivity index (χ1v) is 6.86. The number of nitrogens with one attached hydrogen (secondary N) is 1.